The number of aromatic nitrogens is 1. The standard InChI is InChI=1S/C15H26N4O.ClH/c1-13-10-15(17-20-13)12-19-8-6-18(7-9-19)11-14-2-4-16-5-3-14;/h10,14,16H,2-9,11-12H2,1H3;1H. The molecule has 0 bridgehead atoms. The van der Waals surface area contributed by atoms with E-state index >= 15 is 0 Å². The van der Waals surface area contributed by atoms with Crippen LogP contribution in [-0.4, -0.2) is 60.8 Å². The normalized spacial score (nSPS) is 22.1. The summed E-state index contributed by atoms with van der Waals surface area (Å²) in [6.07, 6.45) is 2.69. The largest absolute Gasteiger partial charge is 0.361 e. The van der Waals surface area contributed by atoms with Gasteiger partial charge < -0.3 is 14.7 Å². The zero-order chi connectivity index (χ0) is 13.8. The van der Waals surface area contributed by atoms with Gasteiger partial charge in [-0.2, -0.15) is 0 Å². The molecule has 1 aromatic rings. The predicted octanol–water partition coefficient (Wildman–Crippen LogP) is 1.52. The van der Waals surface area contributed by atoms with E-state index in [1.54, 1.807) is 0 Å². The zero-order valence-corrected chi connectivity index (χ0v) is 13.7. The van der Waals surface area contributed by atoms with E-state index in [2.05, 4.69) is 20.3 Å². The fourth-order valence-corrected chi connectivity index (χ4v) is 3.28. The van der Waals surface area contributed by atoms with Crippen molar-refractivity contribution in [1.29, 1.82) is 0 Å². The summed E-state index contributed by atoms with van der Waals surface area (Å²) >= 11 is 0. The number of aryl methyl sites for hydroxylation is 1. The van der Waals surface area contributed by atoms with Crippen LogP contribution in [-0.2, 0) is 6.54 Å². The first kappa shape index (κ1) is 16.7. The van der Waals surface area contributed by atoms with E-state index in [4.69, 9.17) is 4.52 Å². The fraction of sp³-hybridized carbons (Fsp3) is 0.800. The van der Waals surface area contributed by atoms with Crippen molar-refractivity contribution >= 4 is 12.4 Å². The van der Waals surface area contributed by atoms with Gasteiger partial charge in [0.1, 0.15) is 5.76 Å². The van der Waals surface area contributed by atoms with Crippen LogP contribution in [0.5, 0.6) is 0 Å². The van der Waals surface area contributed by atoms with E-state index in [1.165, 1.54) is 45.6 Å². The lowest BCUT2D eigenvalue weighted by molar-refractivity contribution is 0.105. The highest BCUT2D eigenvalue weighted by Gasteiger charge is 2.21. The number of hydrogen-bond acceptors (Lipinski definition) is 5. The second-order valence-corrected chi connectivity index (χ2v) is 6.20. The fourth-order valence-electron chi connectivity index (χ4n) is 3.28. The highest BCUT2D eigenvalue weighted by atomic mass is 35.5. The van der Waals surface area contributed by atoms with Crippen molar-refractivity contribution in [3.63, 3.8) is 0 Å². The summed E-state index contributed by atoms with van der Waals surface area (Å²) in [7, 11) is 0. The third-order valence-corrected chi connectivity index (χ3v) is 4.50. The summed E-state index contributed by atoms with van der Waals surface area (Å²) in [5.74, 6) is 1.81. The number of nitrogens with zero attached hydrogens (tertiary/aromatic N) is 3. The van der Waals surface area contributed by atoms with Crippen LogP contribution in [0.4, 0.5) is 0 Å². The lowest BCUT2D eigenvalue weighted by atomic mass is 9.97. The number of piperidine rings is 1. The number of nitrogens with one attached hydrogen (secondary N) is 1. The molecule has 1 N–H and O–H groups in total. The Kier molecular flexibility index (Phi) is 6.48. The van der Waals surface area contributed by atoms with Crippen LogP contribution in [0.25, 0.3) is 0 Å². The van der Waals surface area contributed by atoms with E-state index in [0.29, 0.717) is 0 Å². The van der Waals surface area contributed by atoms with E-state index < -0.39 is 0 Å². The Hall–Kier alpha value is -0.620. The third kappa shape index (κ3) is 4.95. The molecule has 0 amide bonds. The molecule has 0 spiro atoms. The Morgan fingerprint density at radius 3 is 2.48 bits per heavy atom. The summed E-state index contributed by atoms with van der Waals surface area (Å²) in [6, 6.07) is 2.04. The maximum atomic E-state index is 5.13. The summed E-state index contributed by atoms with van der Waals surface area (Å²) in [5, 5.41) is 7.53. The maximum Gasteiger partial charge on any atom is 0.133 e. The maximum absolute atomic E-state index is 5.13. The van der Waals surface area contributed by atoms with Crippen LogP contribution < -0.4 is 5.32 Å². The van der Waals surface area contributed by atoms with E-state index in [1.807, 2.05) is 13.0 Å². The number of rotatable bonds is 4. The first-order valence-electron chi connectivity index (χ1n) is 7.87. The van der Waals surface area contributed by atoms with Crippen molar-refractivity contribution in [2.45, 2.75) is 26.3 Å². The topological polar surface area (TPSA) is 44.5 Å². The van der Waals surface area contributed by atoms with Gasteiger partial charge in [-0.3, -0.25) is 4.90 Å². The minimum atomic E-state index is 0. The molecule has 2 fully saturated rings. The van der Waals surface area contributed by atoms with Crippen molar-refractivity contribution < 1.29 is 4.52 Å². The molecular weight excluding hydrogens is 288 g/mol. The third-order valence-electron chi connectivity index (χ3n) is 4.50. The Bertz CT molecular complexity index is 412. The predicted molar refractivity (Wildman–Crippen MR) is 85.8 cm³/mol. The highest BCUT2D eigenvalue weighted by molar-refractivity contribution is 5.85. The molecule has 0 radical (unpaired) electrons. The van der Waals surface area contributed by atoms with Crippen molar-refractivity contribution in [3.05, 3.63) is 17.5 Å². The average Bonchev–Trinajstić information content (AvgIpc) is 2.88. The number of halogens is 1. The molecule has 2 aliphatic heterocycles. The molecule has 120 valence electrons. The number of hydrogen-bond donors (Lipinski definition) is 1. The molecule has 3 heterocycles. The Morgan fingerprint density at radius 1 is 1.19 bits per heavy atom. The average molecular weight is 315 g/mol. The molecule has 2 aliphatic rings. The molecule has 0 aliphatic carbocycles. The summed E-state index contributed by atoms with van der Waals surface area (Å²) in [5.41, 5.74) is 1.06. The molecule has 2 saturated heterocycles. The molecule has 1 aromatic heterocycles. The monoisotopic (exact) mass is 314 g/mol. The summed E-state index contributed by atoms with van der Waals surface area (Å²) < 4.78 is 5.13. The van der Waals surface area contributed by atoms with Gasteiger partial charge in [0.25, 0.3) is 0 Å². The molecule has 21 heavy (non-hydrogen) atoms. The Balaban J connectivity index is 0.00000161. The highest BCUT2D eigenvalue weighted by Crippen LogP contribution is 2.15. The molecular formula is C15H27ClN4O. The second-order valence-electron chi connectivity index (χ2n) is 6.20. The van der Waals surface area contributed by atoms with Gasteiger partial charge >= 0.3 is 0 Å². The molecule has 0 saturated carbocycles. The first-order chi connectivity index (χ1) is 9.79. The van der Waals surface area contributed by atoms with Crippen LogP contribution in [0.2, 0.25) is 0 Å². The van der Waals surface area contributed by atoms with Crippen LogP contribution in [0.15, 0.2) is 10.6 Å². The lowest BCUT2D eigenvalue weighted by Crippen LogP contribution is -2.48. The Morgan fingerprint density at radius 2 is 1.86 bits per heavy atom. The molecule has 0 atom stereocenters. The Labute approximate surface area is 133 Å². The van der Waals surface area contributed by atoms with E-state index in [-0.39, 0.29) is 12.4 Å². The van der Waals surface area contributed by atoms with Gasteiger partial charge in [-0.1, -0.05) is 5.16 Å². The van der Waals surface area contributed by atoms with Gasteiger partial charge in [-0.15, -0.1) is 12.4 Å². The van der Waals surface area contributed by atoms with Crippen LogP contribution >= 0.6 is 12.4 Å². The lowest BCUT2D eigenvalue weighted by Gasteiger charge is -2.37. The SMILES string of the molecule is Cc1cc(CN2CCN(CC3CCNCC3)CC2)no1.Cl. The van der Waals surface area contributed by atoms with Gasteiger partial charge in [0.15, 0.2) is 0 Å². The molecule has 0 aromatic carbocycles. The van der Waals surface area contributed by atoms with Gasteiger partial charge in [-0.05, 0) is 38.8 Å². The van der Waals surface area contributed by atoms with Crippen molar-refractivity contribution in [3.8, 4) is 0 Å². The van der Waals surface area contributed by atoms with E-state index in [0.717, 1.165) is 37.0 Å². The van der Waals surface area contributed by atoms with Gasteiger partial charge in [0.05, 0.1) is 5.69 Å². The van der Waals surface area contributed by atoms with Crippen molar-refractivity contribution in [1.82, 2.24) is 20.3 Å². The minimum absolute atomic E-state index is 0. The molecule has 6 heteroatoms. The zero-order valence-electron chi connectivity index (χ0n) is 12.9. The van der Waals surface area contributed by atoms with Crippen molar-refractivity contribution in [2.75, 3.05) is 45.8 Å². The van der Waals surface area contributed by atoms with Crippen LogP contribution in [0.3, 0.4) is 0 Å². The molecule has 0 unspecified atom stereocenters. The van der Waals surface area contributed by atoms with Gasteiger partial charge in [-0.25, -0.2) is 0 Å². The summed E-state index contributed by atoms with van der Waals surface area (Å²) in [4.78, 5) is 5.12. The first-order valence-corrected chi connectivity index (χ1v) is 7.87. The smallest absolute Gasteiger partial charge is 0.133 e. The number of piperazine rings is 1. The van der Waals surface area contributed by atoms with Crippen LogP contribution in [0, 0.1) is 12.8 Å². The van der Waals surface area contributed by atoms with Crippen LogP contribution in [0.1, 0.15) is 24.3 Å². The second kappa shape index (κ2) is 8.13. The van der Waals surface area contributed by atoms with Gasteiger partial charge in [0.2, 0.25) is 0 Å². The molecule has 5 nitrogen and oxygen atoms in total. The van der Waals surface area contributed by atoms with Gasteiger partial charge in [0, 0.05) is 45.3 Å². The molecule has 3 rings (SSSR count). The summed E-state index contributed by atoms with van der Waals surface area (Å²) in [6.45, 7) is 11.3. The minimum Gasteiger partial charge on any atom is -0.361 e. The van der Waals surface area contributed by atoms with Crippen molar-refractivity contribution in [2.24, 2.45) is 5.92 Å². The van der Waals surface area contributed by atoms with E-state index in [9.17, 15) is 0 Å². The quantitative estimate of drug-likeness (QED) is 0.913.